The lowest BCUT2D eigenvalue weighted by molar-refractivity contribution is -0.122. The number of fused-ring (bicyclic) bond motifs is 2. The second-order valence-electron chi connectivity index (χ2n) is 7.02. The van der Waals surface area contributed by atoms with Gasteiger partial charge in [-0.3, -0.25) is 9.69 Å². The lowest BCUT2D eigenvalue weighted by atomic mass is 9.97. The lowest BCUT2D eigenvalue weighted by Crippen LogP contribution is -2.42. The van der Waals surface area contributed by atoms with Crippen LogP contribution < -0.4 is 10.1 Å². The minimum absolute atomic E-state index is 0.109. The van der Waals surface area contributed by atoms with Crippen LogP contribution in [0.15, 0.2) is 48.5 Å². The Morgan fingerprint density at radius 3 is 2.72 bits per heavy atom. The Bertz CT molecular complexity index is 759. The molecule has 4 rings (SSSR count). The Morgan fingerprint density at radius 2 is 1.84 bits per heavy atom. The Kier molecular flexibility index (Phi) is 4.70. The molecule has 2 aromatic rings. The molecule has 4 nitrogen and oxygen atoms in total. The zero-order chi connectivity index (χ0) is 17.1. The van der Waals surface area contributed by atoms with Crippen LogP contribution >= 0.6 is 0 Å². The summed E-state index contributed by atoms with van der Waals surface area (Å²) in [7, 11) is 0. The van der Waals surface area contributed by atoms with Gasteiger partial charge >= 0.3 is 0 Å². The number of hydrogen-bond acceptors (Lipinski definition) is 3. The van der Waals surface area contributed by atoms with Crippen molar-refractivity contribution in [2.45, 2.75) is 19.4 Å². The summed E-state index contributed by atoms with van der Waals surface area (Å²) >= 11 is 0. The molecule has 0 radical (unpaired) electrons. The molecule has 2 aliphatic rings. The van der Waals surface area contributed by atoms with Crippen molar-refractivity contribution in [3.8, 4) is 5.75 Å². The number of amides is 1. The number of carbonyl (C=O) groups is 1. The third-order valence-corrected chi connectivity index (χ3v) is 5.12. The second kappa shape index (κ2) is 7.28. The Balaban J connectivity index is 1.25. The molecule has 2 aromatic carbocycles. The molecule has 25 heavy (non-hydrogen) atoms. The molecular weight excluding hydrogens is 312 g/mol. The molecular formula is C21H24N2O2. The lowest BCUT2D eigenvalue weighted by Gasteiger charge is -2.29. The van der Waals surface area contributed by atoms with E-state index >= 15 is 0 Å². The van der Waals surface area contributed by atoms with E-state index in [9.17, 15) is 4.79 Å². The highest BCUT2D eigenvalue weighted by molar-refractivity contribution is 5.78. The molecule has 0 bridgehead atoms. The van der Waals surface area contributed by atoms with Crippen molar-refractivity contribution in [1.29, 1.82) is 0 Å². The van der Waals surface area contributed by atoms with Crippen molar-refractivity contribution < 1.29 is 9.53 Å². The van der Waals surface area contributed by atoms with Crippen LogP contribution in [-0.4, -0.2) is 37.0 Å². The summed E-state index contributed by atoms with van der Waals surface area (Å²) in [5.74, 6) is 1.44. The van der Waals surface area contributed by atoms with E-state index < -0.39 is 0 Å². The molecule has 1 atom stereocenters. The molecule has 0 saturated carbocycles. The van der Waals surface area contributed by atoms with E-state index in [-0.39, 0.29) is 5.91 Å². The van der Waals surface area contributed by atoms with E-state index in [0.717, 1.165) is 31.7 Å². The van der Waals surface area contributed by atoms with Gasteiger partial charge in [0, 0.05) is 25.6 Å². The van der Waals surface area contributed by atoms with Crippen LogP contribution in [0, 0.1) is 5.92 Å². The average Bonchev–Trinajstić information content (AvgIpc) is 2.66. The van der Waals surface area contributed by atoms with Crippen LogP contribution in [0.4, 0.5) is 0 Å². The number of nitrogens with zero attached hydrogens (tertiary/aromatic N) is 1. The van der Waals surface area contributed by atoms with Crippen LogP contribution in [0.25, 0.3) is 0 Å². The van der Waals surface area contributed by atoms with E-state index in [4.69, 9.17) is 4.74 Å². The van der Waals surface area contributed by atoms with Crippen molar-refractivity contribution in [2.75, 3.05) is 26.2 Å². The van der Waals surface area contributed by atoms with Gasteiger partial charge < -0.3 is 10.1 Å². The summed E-state index contributed by atoms with van der Waals surface area (Å²) < 4.78 is 5.80. The number of hydrogen-bond donors (Lipinski definition) is 1. The topological polar surface area (TPSA) is 41.6 Å². The summed E-state index contributed by atoms with van der Waals surface area (Å²) in [5, 5.41) is 3.09. The van der Waals surface area contributed by atoms with Gasteiger partial charge in [-0.1, -0.05) is 42.5 Å². The van der Waals surface area contributed by atoms with Gasteiger partial charge in [0.15, 0.2) is 0 Å². The molecule has 2 heterocycles. The number of nitrogens with one attached hydrogen (secondary N) is 1. The molecule has 0 aliphatic carbocycles. The number of para-hydroxylation sites is 1. The summed E-state index contributed by atoms with van der Waals surface area (Å²) in [6.07, 6.45) is 1.99. The van der Waals surface area contributed by atoms with Crippen molar-refractivity contribution in [3.05, 3.63) is 65.2 Å². The summed E-state index contributed by atoms with van der Waals surface area (Å²) in [4.78, 5) is 14.5. The number of rotatable bonds is 4. The number of ether oxygens (including phenoxy) is 1. The largest absolute Gasteiger partial charge is 0.493 e. The third-order valence-electron chi connectivity index (χ3n) is 5.12. The summed E-state index contributed by atoms with van der Waals surface area (Å²) in [5.41, 5.74) is 4.00. The van der Waals surface area contributed by atoms with Crippen molar-refractivity contribution in [1.82, 2.24) is 10.2 Å². The van der Waals surface area contributed by atoms with Gasteiger partial charge in [0.1, 0.15) is 5.75 Å². The van der Waals surface area contributed by atoms with Crippen LogP contribution in [0.1, 0.15) is 16.7 Å². The van der Waals surface area contributed by atoms with Gasteiger partial charge in [-0.05, 0) is 35.6 Å². The van der Waals surface area contributed by atoms with E-state index in [1.807, 2.05) is 18.2 Å². The fourth-order valence-electron chi connectivity index (χ4n) is 3.73. The van der Waals surface area contributed by atoms with Crippen LogP contribution in [0.5, 0.6) is 5.75 Å². The zero-order valence-corrected chi connectivity index (χ0v) is 14.4. The van der Waals surface area contributed by atoms with Crippen molar-refractivity contribution in [2.24, 2.45) is 5.92 Å². The van der Waals surface area contributed by atoms with E-state index in [0.29, 0.717) is 25.6 Å². The van der Waals surface area contributed by atoms with Crippen LogP contribution in [-0.2, 0) is 24.2 Å². The molecule has 4 heteroatoms. The molecule has 0 fully saturated rings. The van der Waals surface area contributed by atoms with Gasteiger partial charge in [-0.15, -0.1) is 0 Å². The first-order valence-electron chi connectivity index (χ1n) is 9.04. The molecule has 1 N–H and O–H groups in total. The predicted octanol–water partition coefficient (Wildman–Crippen LogP) is 2.41. The summed E-state index contributed by atoms with van der Waals surface area (Å²) in [6.45, 7) is 3.64. The molecule has 0 unspecified atom stereocenters. The first-order chi connectivity index (χ1) is 12.3. The maximum atomic E-state index is 12.3. The van der Waals surface area contributed by atoms with Gasteiger partial charge in [0.25, 0.3) is 0 Å². The second-order valence-corrected chi connectivity index (χ2v) is 7.02. The zero-order valence-electron chi connectivity index (χ0n) is 14.4. The SMILES string of the molecule is O=C(CN1CCc2ccccc2C1)NC[C@@H]1COc2ccccc2C1. The first-order valence-corrected chi connectivity index (χ1v) is 9.04. The Hall–Kier alpha value is -2.33. The molecule has 2 aliphatic heterocycles. The van der Waals surface area contributed by atoms with Gasteiger partial charge in [0.2, 0.25) is 5.91 Å². The maximum absolute atomic E-state index is 12.3. The van der Waals surface area contributed by atoms with E-state index in [1.54, 1.807) is 0 Å². The van der Waals surface area contributed by atoms with Gasteiger partial charge in [-0.2, -0.15) is 0 Å². The average molecular weight is 336 g/mol. The monoisotopic (exact) mass is 336 g/mol. The smallest absolute Gasteiger partial charge is 0.234 e. The molecule has 0 saturated heterocycles. The Labute approximate surface area is 148 Å². The van der Waals surface area contributed by atoms with Crippen LogP contribution in [0.3, 0.4) is 0 Å². The van der Waals surface area contributed by atoms with E-state index in [1.165, 1.54) is 16.7 Å². The van der Waals surface area contributed by atoms with Crippen LogP contribution in [0.2, 0.25) is 0 Å². The fourth-order valence-corrected chi connectivity index (χ4v) is 3.73. The summed E-state index contributed by atoms with van der Waals surface area (Å²) in [6, 6.07) is 16.7. The minimum Gasteiger partial charge on any atom is -0.493 e. The molecule has 0 spiro atoms. The van der Waals surface area contributed by atoms with Crippen molar-refractivity contribution in [3.63, 3.8) is 0 Å². The fraction of sp³-hybridized carbons (Fsp3) is 0.381. The standard InChI is InChI=1S/C21H24N2O2/c24-21(14-23-10-9-17-5-1-2-7-19(17)13-23)22-12-16-11-18-6-3-4-8-20(18)25-15-16/h1-8,16H,9-15H2,(H,22,24)/t16-/m1/s1. The molecule has 130 valence electrons. The Morgan fingerprint density at radius 1 is 1.08 bits per heavy atom. The number of carbonyl (C=O) groups excluding carboxylic acids is 1. The number of benzene rings is 2. The highest BCUT2D eigenvalue weighted by Crippen LogP contribution is 2.26. The minimum atomic E-state index is 0.109. The van der Waals surface area contributed by atoms with Gasteiger partial charge in [0.05, 0.1) is 13.2 Å². The first kappa shape index (κ1) is 16.2. The van der Waals surface area contributed by atoms with Crippen molar-refractivity contribution >= 4 is 5.91 Å². The molecule has 0 aromatic heterocycles. The quantitative estimate of drug-likeness (QED) is 0.932. The predicted molar refractivity (Wildman–Crippen MR) is 97.6 cm³/mol. The normalized spacial score (nSPS) is 19.4. The highest BCUT2D eigenvalue weighted by Gasteiger charge is 2.21. The molecule has 1 amide bonds. The maximum Gasteiger partial charge on any atom is 0.234 e. The van der Waals surface area contributed by atoms with Gasteiger partial charge in [-0.25, -0.2) is 0 Å². The third kappa shape index (κ3) is 3.85. The van der Waals surface area contributed by atoms with E-state index in [2.05, 4.69) is 40.5 Å². The highest BCUT2D eigenvalue weighted by atomic mass is 16.5.